The average molecular weight is 456 g/mol. The molecule has 0 atom stereocenters. The summed E-state index contributed by atoms with van der Waals surface area (Å²) in [6.07, 6.45) is 1.72. The van der Waals surface area contributed by atoms with E-state index >= 15 is 0 Å². The zero-order chi connectivity index (χ0) is 24.1. The predicted molar refractivity (Wildman–Crippen MR) is 135 cm³/mol. The molecule has 6 heteroatoms. The molecular weight excluding hydrogens is 426 g/mol. The number of fused-ring (bicyclic) bond motifs is 1. The van der Waals surface area contributed by atoms with E-state index < -0.39 is 0 Å². The zero-order valence-electron chi connectivity index (χ0n) is 19.7. The van der Waals surface area contributed by atoms with Crippen molar-refractivity contribution in [3.63, 3.8) is 0 Å². The maximum Gasteiger partial charge on any atom is 0.294 e. The molecular formula is C28H29N3O3. The molecule has 0 radical (unpaired) electrons. The molecule has 1 N–H and O–H groups in total. The second kappa shape index (κ2) is 10.4. The van der Waals surface area contributed by atoms with Gasteiger partial charge in [0.2, 0.25) is 0 Å². The molecule has 1 aliphatic rings. The number of nitrogens with zero attached hydrogens (tertiary/aromatic N) is 2. The maximum absolute atomic E-state index is 13.4. The molecule has 2 amide bonds. The van der Waals surface area contributed by atoms with Crippen molar-refractivity contribution >= 4 is 23.6 Å². The number of nitrogens with one attached hydrogen (secondary N) is 1. The van der Waals surface area contributed by atoms with Crippen LogP contribution < -0.4 is 15.0 Å². The SMILES string of the molecule is Cc1cccc(CN2C(=O)/C(=C/c3ccc(C(=O)NCCN(C)C)cc3)Oc3ccccc32)c1. The van der Waals surface area contributed by atoms with Gasteiger partial charge in [-0.2, -0.15) is 0 Å². The van der Waals surface area contributed by atoms with Crippen LogP contribution in [0.5, 0.6) is 5.75 Å². The van der Waals surface area contributed by atoms with Gasteiger partial charge in [-0.15, -0.1) is 0 Å². The number of anilines is 1. The number of likely N-dealkylation sites (N-methyl/N-ethyl adjacent to an activating group) is 1. The molecule has 4 rings (SSSR count). The highest BCUT2D eigenvalue weighted by molar-refractivity contribution is 6.09. The Labute approximate surface area is 200 Å². The number of hydrogen-bond acceptors (Lipinski definition) is 4. The number of benzene rings is 3. The fourth-order valence-corrected chi connectivity index (χ4v) is 3.79. The third-order valence-electron chi connectivity index (χ3n) is 5.57. The first-order valence-electron chi connectivity index (χ1n) is 11.3. The lowest BCUT2D eigenvalue weighted by molar-refractivity contribution is -0.117. The minimum absolute atomic E-state index is 0.121. The van der Waals surface area contributed by atoms with E-state index in [9.17, 15) is 9.59 Å². The first kappa shape index (κ1) is 23.3. The van der Waals surface area contributed by atoms with E-state index in [4.69, 9.17) is 4.74 Å². The summed E-state index contributed by atoms with van der Waals surface area (Å²) in [6, 6.07) is 22.8. The minimum atomic E-state index is -0.203. The minimum Gasteiger partial charge on any atom is -0.449 e. The Morgan fingerprint density at radius 1 is 1.03 bits per heavy atom. The smallest absolute Gasteiger partial charge is 0.294 e. The molecule has 3 aromatic rings. The van der Waals surface area contributed by atoms with Crippen LogP contribution in [0.3, 0.4) is 0 Å². The van der Waals surface area contributed by atoms with Gasteiger partial charge in [0.05, 0.1) is 12.2 Å². The average Bonchev–Trinajstić information content (AvgIpc) is 2.82. The molecule has 0 unspecified atom stereocenters. The van der Waals surface area contributed by atoms with E-state index in [2.05, 4.69) is 11.4 Å². The van der Waals surface area contributed by atoms with Crippen molar-refractivity contribution in [2.45, 2.75) is 13.5 Å². The largest absolute Gasteiger partial charge is 0.449 e. The normalized spacial score (nSPS) is 14.2. The fraction of sp³-hybridized carbons (Fsp3) is 0.214. The van der Waals surface area contributed by atoms with Gasteiger partial charge in [-0.3, -0.25) is 14.5 Å². The van der Waals surface area contributed by atoms with Gasteiger partial charge < -0.3 is 15.0 Å². The lowest BCUT2D eigenvalue weighted by atomic mass is 10.1. The van der Waals surface area contributed by atoms with E-state index in [0.29, 0.717) is 24.4 Å². The Morgan fingerprint density at radius 3 is 2.53 bits per heavy atom. The Morgan fingerprint density at radius 2 is 1.79 bits per heavy atom. The number of ether oxygens (including phenoxy) is 1. The summed E-state index contributed by atoms with van der Waals surface area (Å²) in [7, 11) is 3.92. The highest BCUT2D eigenvalue weighted by Crippen LogP contribution is 2.36. The standard InChI is InChI=1S/C28H29N3O3/c1-20-7-6-8-22(17-20)19-31-24-9-4-5-10-25(24)34-26(28(31)33)18-21-11-13-23(14-12-21)27(32)29-15-16-30(2)3/h4-14,17-18H,15-16,19H2,1-3H3,(H,29,32)/b26-18-. The van der Waals surface area contributed by atoms with Gasteiger partial charge in [0, 0.05) is 18.7 Å². The molecule has 174 valence electrons. The van der Waals surface area contributed by atoms with Crippen LogP contribution in [0.1, 0.15) is 27.0 Å². The lowest BCUT2D eigenvalue weighted by Gasteiger charge is -2.30. The molecule has 1 aliphatic heterocycles. The Bertz CT molecular complexity index is 1220. The number of amides is 2. The molecule has 0 fully saturated rings. The molecule has 0 spiro atoms. The van der Waals surface area contributed by atoms with Crippen LogP contribution in [0.15, 0.2) is 78.6 Å². The molecule has 0 bridgehead atoms. The van der Waals surface area contributed by atoms with Crippen molar-refractivity contribution in [1.29, 1.82) is 0 Å². The second-order valence-electron chi connectivity index (χ2n) is 8.64. The van der Waals surface area contributed by atoms with E-state index in [1.807, 2.05) is 80.5 Å². The monoisotopic (exact) mass is 455 g/mol. The van der Waals surface area contributed by atoms with Crippen LogP contribution in [0.4, 0.5) is 5.69 Å². The van der Waals surface area contributed by atoms with Gasteiger partial charge in [-0.1, -0.05) is 54.1 Å². The number of rotatable bonds is 7. The maximum atomic E-state index is 13.4. The summed E-state index contributed by atoms with van der Waals surface area (Å²) in [5, 5.41) is 2.90. The molecule has 6 nitrogen and oxygen atoms in total. The van der Waals surface area contributed by atoms with E-state index in [0.717, 1.165) is 28.9 Å². The Kier molecular flexibility index (Phi) is 7.09. The third kappa shape index (κ3) is 5.53. The van der Waals surface area contributed by atoms with E-state index in [1.165, 1.54) is 0 Å². The van der Waals surface area contributed by atoms with Crippen LogP contribution >= 0.6 is 0 Å². The van der Waals surface area contributed by atoms with Crippen molar-refractivity contribution in [2.24, 2.45) is 0 Å². The molecule has 3 aromatic carbocycles. The summed E-state index contributed by atoms with van der Waals surface area (Å²) < 4.78 is 5.98. The van der Waals surface area contributed by atoms with Gasteiger partial charge in [0.15, 0.2) is 11.5 Å². The molecule has 0 aromatic heterocycles. The summed E-state index contributed by atoms with van der Waals surface area (Å²) in [5.41, 5.74) is 4.30. The molecule has 0 saturated heterocycles. The molecule has 1 heterocycles. The topological polar surface area (TPSA) is 61.9 Å². The third-order valence-corrected chi connectivity index (χ3v) is 5.57. The van der Waals surface area contributed by atoms with Crippen molar-refractivity contribution in [3.05, 3.63) is 101 Å². The van der Waals surface area contributed by atoms with Crippen molar-refractivity contribution < 1.29 is 14.3 Å². The van der Waals surface area contributed by atoms with Gasteiger partial charge in [-0.25, -0.2) is 0 Å². The highest BCUT2D eigenvalue weighted by Gasteiger charge is 2.30. The fourth-order valence-electron chi connectivity index (χ4n) is 3.79. The molecule has 0 saturated carbocycles. The van der Waals surface area contributed by atoms with Crippen LogP contribution in [0.2, 0.25) is 0 Å². The van der Waals surface area contributed by atoms with E-state index in [-0.39, 0.29) is 17.6 Å². The Hall–Kier alpha value is -3.90. The number of aryl methyl sites for hydroxylation is 1. The van der Waals surface area contributed by atoms with Crippen LogP contribution in [-0.4, -0.2) is 43.9 Å². The molecule has 0 aliphatic carbocycles. The predicted octanol–water partition coefficient (Wildman–Crippen LogP) is 4.25. The van der Waals surface area contributed by atoms with Crippen LogP contribution in [0.25, 0.3) is 6.08 Å². The van der Waals surface area contributed by atoms with Crippen molar-refractivity contribution in [2.75, 3.05) is 32.1 Å². The van der Waals surface area contributed by atoms with Crippen LogP contribution in [0, 0.1) is 6.92 Å². The van der Waals surface area contributed by atoms with Gasteiger partial charge in [0.25, 0.3) is 11.8 Å². The quantitative estimate of drug-likeness (QED) is 0.541. The van der Waals surface area contributed by atoms with Gasteiger partial charge >= 0.3 is 0 Å². The summed E-state index contributed by atoms with van der Waals surface area (Å²) in [6.45, 7) is 3.84. The number of para-hydroxylation sites is 2. The summed E-state index contributed by atoms with van der Waals surface area (Å²) >= 11 is 0. The number of hydrogen-bond donors (Lipinski definition) is 1. The summed E-state index contributed by atoms with van der Waals surface area (Å²) in [4.78, 5) is 29.5. The lowest BCUT2D eigenvalue weighted by Crippen LogP contribution is -2.36. The molecule has 34 heavy (non-hydrogen) atoms. The van der Waals surface area contributed by atoms with Crippen LogP contribution in [-0.2, 0) is 11.3 Å². The second-order valence-corrected chi connectivity index (χ2v) is 8.64. The van der Waals surface area contributed by atoms with Gasteiger partial charge in [-0.05, 0) is 62.5 Å². The highest BCUT2D eigenvalue weighted by atomic mass is 16.5. The van der Waals surface area contributed by atoms with E-state index in [1.54, 1.807) is 23.1 Å². The first-order valence-corrected chi connectivity index (χ1v) is 11.3. The van der Waals surface area contributed by atoms with Crippen molar-refractivity contribution in [3.8, 4) is 5.75 Å². The first-order chi connectivity index (χ1) is 16.4. The number of carbonyl (C=O) groups excluding carboxylic acids is 2. The summed E-state index contributed by atoms with van der Waals surface area (Å²) in [5.74, 6) is 0.558. The van der Waals surface area contributed by atoms with Crippen molar-refractivity contribution in [1.82, 2.24) is 10.2 Å². The van der Waals surface area contributed by atoms with Gasteiger partial charge in [0.1, 0.15) is 0 Å². The number of carbonyl (C=O) groups is 2. The Balaban J connectivity index is 1.55. The zero-order valence-corrected chi connectivity index (χ0v) is 19.7.